The van der Waals surface area contributed by atoms with Crippen LogP contribution in [0.15, 0.2) is 0 Å². The van der Waals surface area contributed by atoms with Gasteiger partial charge in [-0.05, 0) is 38.4 Å². The Morgan fingerprint density at radius 1 is 0.765 bits per heavy atom. The number of likely N-dealkylation sites (tertiary alicyclic amines) is 1. The normalized spacial score (nSPS) is 26.5. The fraction of sp³-hybridized carbons (Fsp3) is 1.00. The van der Waals surface area contributed by atoms with E-state index in [0.29, 0.717) is 0 Å². The van der Waals surface area contributed by atoms with Gasteiger partial charge in [-0.1, -0.05) is 20.3 Å². The Morgan fingerprint density at radius 2 is 1.29 bits per heavy atom. The summed E-state index contributed by atoms with van der Waals surface area (Å²) in [4.78, 5) is 7.85. The molecule has 2 saturated heterocycles. The summed E-state index contributed by atoms with van der Waals surface area (Å²) in [5, 5.41) is 0. The minimum atomic E-state index is 1.00. The third-order valence-corrected chi connectivity index (χ3v) is 4.60. The van der Waals surface area contributed by atoms with Crippen LogP contribution in [0.1, 0.15) is 33.1 Å². The molecule has 0 N–H and O–H groups in total. The Hall–Kier alpha value is -0.120. The monoisotopic (exact) mass is 239 g/mol. The molecule has 2 aliphatic heterocycles. The van der Waals surface area contributed by atoms with Crippen LogP contribution in [-0.4, -0.2) is 67.2 Å². The van der Waals surface area contributed by atoms with Crippen LogP contribution in [0.25, 0.3) is 0 Å². The summed E-state index contributed by atoms with van der Waals surface area (Å²) in [6.07, 6.45) is 4.22. The SMILES string of the molecule is CCC1CCN(CN2CCN(CC)CC2)CC1. The first-order valence-corrected chi connectivity index (χ1v) is 7.49. The number of piperazine rings is 1. The lowest BCUT2D eigenvalue weighted by atomic mass is 9.95. The molecule has 2 rings (SSSR count). The molecular weight excluding hydrogens is 210 g/mol. The molecule has 0 spiro atoms. The van der Waals surface area contributed by atoms with Gasteiger partial charge >= 0.3 is 0 Å². The third-order valence-electron chi connectivity index (χ3n) is 4.60. The highest BCUT2D eigenvalue weighted by molar-refractivity contribution is 4.75. The summed E-state index contributed by atoms with van der Waals surface area (Å²) in [6, 6.07) is 0. The van der Waals surface area contributed by atoms with Gasteiger partial charge in [-0.25, -0.2) is 0 Å². The van der Waals surface area contributed by atoms with Gasteiger partial charge in [0.15, 0.2) is 0 Å². The number of rotatable bonds is 4. The Labute approximate surface area is 107 Å². The van der Waals surface area contributed by atoms with Crippen LogP contribution in [0.3, 0.4) is 0 Å². The number of piperidine rings is 1. The molecule has 2 aliphatic rings. The summed E-state index contributed by atoms with van der Waals surface area (Å²) in [7, 11) is 0. The van der Waals surface area contributed by atoms with Crippen molar-refractivity contribution < 1.29 is 0 Å². The molecule has 0 atom stereocenters. The number of hydrogen-bond acceptors (Lipinski definition) is 3. The Morgan fingerprint density at radius 3 is 1.82 bits per heavy atom. The van der Waals surface area contributed by atoms with Gasteiger partial charge in [-0.3, -0.25) is 9.80 Å². The predicted octanol–water partition coefficient (Wildman–Crippen LogP) is 1.70. The lowest BCUT2D eigenvalue weighted by Crippen LogP contribution is -2.51. The molecule has 2 fully saturated rings. The minimum absolute atomic E-state index is 1.00. The second-order valence-corrected chi connectivity index (χ2v) is 5.66. The van der Waals surface area contributed by atoms with E-state index in [1.807, 2.05) is 0 Å². The van der Waals surface area contributed by atoms with Gasteiger partial charge in [-0.15, -0.1) is 0 Å². The van der Waals surface area contributed by atoms with E-state index in [2.05, 4.69) is 28.5 Å². The van der Waals surface area contributed by atoms with Crippen LogP contribution in [0, 0.1) is 5.92 Å². The van der Waals surface area contributed by atoms with Gasteiger partial charge in [-0.2, -0.15) is 0 Å². The second kappa shape index (κ2) is 6.72. The lowest BCUT2D eigenvalue weighted by molar-refractivity contribution is 0.0572. The van der Waals surface area contributed by atoms with E-state index in [0.717, 1.165) is 5.92 Å². The Kier molecular flexibility index (Phi) is 5.26. The maximum atomic E-state index is 2.66. The van der Waals surface area contributed by atoms with E-state index < -0.39 is 0 Å². The second-order valence-electron chi connectivity index (χ2n) is 5.66. The zero-order valence-corrected chi connectivity index (χ0v) is 11.7. The first-order chi connectivity index (χ1) is 8.31. The largest absolute Gasteiger partial charge is 0.301 e. The third kappa shape index (κ3) is 3.94. The van der Waals surface area contributed by atoms with Crippen molar-refractivity contribution in [3.8, 4) is 0 Å². The maximum absolute atomic E-state index is 2.66. The standard InChI is InChI=1S/C14H29N3/c1-3-14-5-7-16(8-6-14)13-17-11-9-15(4-2)10-12-17/h14H,3-13H2,1-2H3. The van der Waals surface area contributed by atoms with E-state index in [-0.39, 0.29) is 0 Å². The molecule has 100 valence electrons. The first kappa shape index (κ1) is 13.3. The minimum Gasteiger partial charge on any atom is -0.301 e. The highest BCUT2D eigenvalue weighted by Gasteiger charge is 2.21. The van der Waals surface area contributed by atoms with Crippen molar-refractivity contribution in [2.75, 3.05) is 52.5 Å². The average molecular weight is 239 g/mol. The van der Waals surface area contributed by atoms with Crippen molar-refractivity contribution in [2.45, 2.75) is 33.1 Å². The molecule has 0 aliphatic carbocycles. The molecule has 0 bridgehead atoms. The number of likely N-dealkylation sites (N-methyl/N-ethyl adjacent to an activating group) is 1. The summed E-state index contributed by atoms with van der Waals surface area (Å²) in [5.41, 5.74) is 0. The molecule has 0 aromatic rings. The number of hydrogen-bond donors (Lipinski definition) is 0. The topological polar surface area (TPSA) is 9.72 Å². The molecular formula is C14H29N3. The van der Waals surface area contributed by atoms with E-state index in [1.54, 1.807) is 0 Å². The van der Waals surface area contributed by atoms with Gasteiger partial charge in [0, 0.05) is 26.2 Å². The molecule has 0 unspecified atom stereocenters. The Balaban J connectivity index is 1.65. The van der Waals surface area contributed by atoms with Gasteiger partial charge in [0.25, 0.3) is 0 Å². The van der Waals surface area contributed by atoms with E-state index >= 15 is 0 Å². The Bertz CT molecular complexity index is 182. The van der Waals surface area contributed by atoms with Crippen LogP contribution in [0.5, 0.6) is 0 Å². The predicted molar refractivity (Wildman–Crippen MR) is 73.1 cm³/mol. The van der Waals surface area contributed by atoms with E-state index in [1.165, 1.54) is 71.7 Å². The van der Waals surface area contributed by atoms with Gasteiger partial charge in [0.2, 0.25) is 0 Å². The van der Waals surface area contributed by atoms with Crippen molar-refractivity contribution in [2.24, 2.45) is 5.92 Å². The quantitative estimate of drug-likeness (QED) is 0.739. The molecule has 0 aromatic heterocycles. The summed E-state index contributed by atoms with van der Waals surface area (Å²) in [5.74, 6) is 1.00. The highest BCUT2D eigenvalue weighted by Crippen LogP contribution is 2.20. The fourth-order valence-corrected chi connectivity index (χ4v) is 3.07. The van der Waals surface area contributed by atoms with E-state index in [9.17, 15) is 0 Å². The van der Waals surface area contributed by atoms with Gasteiger partial charge in [0.1, 0.15) is 0 Å². The molecule has 3 nitrogen and oxygen atoms in total. The summed E-state index contributed by atoms with van der Waals surface area (Å²) >= 11 is 0. The van der Waals surface area contributed by atoms with Crippen LogP contribution >= 0.6 is 0 Å². The van der Waals surface area contributed by atoms with Crippen molar-refractivity contribution in [1.82, 2.24) is 14.7 Å². The highest BCUT2D eigenvalue weighted by atomic mass is 15.3. The molecule has 0 aromatic carbocycles. The van der Waals surface area contributed by atoms with Gasteiger partial charge in [0.05, 0.1) is 6.67 Å². The molecule has 0 amide bonds. The smallest absolute Gasteiger partial charge is 0.0507 e. The van der Waals surface area contributed by atoms with Crippen molar-refractivity contribution >= 4 is 0 Å². The fourth-order valence-electron chi connectivity index (χ4n) is 3.07. The zero-order chi connectivity index (χ0) is 12.1. The van der Waals surface area contributed by atoms with E-state index in [4.69, 9.17) is 0 Å². The van der Waals surface area contributed by atoms with Crippen molar-refractivity contribution in [3.63, 3.8) is 0 Å². The van der Waals surface area contributed by atoms with Crippen LogP contribution < -0.4 is 0 Å². The lowest BCUT2D eigenvalue weighted by Gasteiger charge is -2.39. The number of nitrogens with zero attached hydrogens (tertiary/aromatic N) is 3. The van der Waals surface area contributed by atoms with Crippen molar-refractivity contribution in [1.29, 1.82) is 0 Å². The maximum Gasteiger partial charge on any atom is 0.0507 e. The summed E-state index contributed by atoms with van der Waals surface area (Å²) < 4.78 is 0. The van der Waals surface area contributed by atoms with Crippen LogP contribution in [-0.2, 0) is 0 Å². The summed E-state index contributed by atoms with van der Waals surface area (Å²) in [6.45, 7) is 14.8. The molecule has 17 heavy (non-hydrogen) atoms. The van der Waals surface area contributed by atoms with Crippen LogP contribution in [0.2, 0.25) is 0 Å². The van der Waals surface area contributed by atoms with Crippen molar-refractivity contribution in [3.05, 3.63) is 0 Å². The zero-order valence-electron chi connectivity index (χ0n) is 11.7. The van der Waals surface area contributed by atoms with Gasteiger partial charge < -0.3 is 4.90 Å². The molecule has 0 radical (unpaired) electrons. The average Bonchev–Trinajstić information content (AvgIpc) is 2.40. The first-order valence-electron chi connectivity index (χ1n) is 7.49. The van der Waals surface area contributed by atoms with Crippen LogP contribution in [0.4, 0.5) is 0 Å². The molecule has 2 heterocycles. The molecule has 3 heteroatoms. The molecule has 0 saturated carbocycles.